The minimum absolute atomic E-state index is 0.141. The first-order valence-corrected chi connectivity index (χ1v) is 5.68. The van der Waals surface area contributed by atoms with Crippen LogP contribution in [0.5, 0.6) is 11.5 Å². The Bertz CT molecular complexity index is 326. The lowest BCUT2D eigenvalue weighted by atomic mass is 10.0. The van der Waals surface area contributed by atoms with E-state index in [4.69, 9.17) is 9.47 Å². The summed E-state index contributed by atoms with van der Waals surface area (Å²) in [5.74, 6) is 1.34. The van der Waals surface area contributed by atoms with E-state index in [-0.39, 0.29) is 12.6 Å². The zero-order valence-electron chi connectivity index (χ0n) is 10.1. The fourth-order valence-corrected chi connectivity index (χ4v) is 1.54. The van der Waals surface area contributed by atoms with Crippen LogP contribution < -0.4 is 9.47 Å². The second-order valence-electron chi connectivity index (χ2n) is 3.62. The summed E-state index contributed by atoms with van der Waals surface area (Å²) in [7, 11) is 0. The van der Waals surface area contributed by atoms with Crippen molar-refractivity contribution in [2.75, 3.05) is 19.9 Å². The molecule has 0 saturated carbocycles. The topological polar surface area (TPSA) is 18.5 Å². The maximum Gasteiger partial charge on any atom is 0.126 e. The molecule has 1 unspecified atom stereocenters. The van der Waals surface area contributed by atoms with Crippen molar-refractivity contribution < 1.29 is 13.9 Å². The molecule has 0 bridgehead atoms. The fraction of sp³-hybridized carbons (Fsp3) is 0.538. The van der Waals surface area contributed by atoms with Gasteiger partial charge in [0.05, 0.1) is 19.9 Å². The molecule has 0 saturated heterocycles. The van der Waals surface area contributed by atoms with E-state index in [2.05, 4.69) is 0 Å². The van der Waals surface area contributed by atoms with E-state index in [1.807, 2.05) is 39.0 Å². The van der Waals surface area contributed by atoms with Gasteiger partial charge >= 0.3 is 0 Å². The molecule has 0 spiro atoms. The number of ether oxygens (including phenoxy) is 2. The number of alkyl halides is 1. The summed E-state index contributed by atoms with van der Waals surface area (Å²) in [6, 6.07) is 5.56. The zero-order chi connectivity index (χ0) is 12.0. The van der Waals surface area contributed by atoms with Crippen LogP contribution in [0.4, 0.5) is 4.39 Å². The fourth-order valence-electron chi connectivity index (χ4n) is 1.54. The summed E-state index contributed by atoms with van der Waals surface area (Å²) in [5.41, 5.74) is 0.896. The van der Waals surface area contributed by atoms with Crippen LogP contribution in [0.25, 0.3) is 0 Å². The molecular weight excluding hydrogens is 207 g/mol. The molecule has 1 rings (SSSR count). The lowest BCUT2D eigenvalue weighted by Crippen LogP contribution is -2.02. The molecule has 2 nitrogen and oxygen atoms in total. The lowest BCUT2D eigenvalue weighted by Gasteiger charge is -2.15. The van der Waals surface area contributed by atoms with E-state index in [9.17, 15) is 4.39 Å². The Morgan fingerprint density at radius 3 is 2.44 bits per heavy atom. The van der Waals surface area contributed by atoms with E-state index in [0.717, 1.165) is 17.1 Å². The molecule has 0 fully saturated rings. The zero-order valence-corrected chi connectivity index (χ0v) is 10.1. The van der Waals surface area contributed by atoms with Gasteiger partial charge in [-0.3, -0.25) is 4.39 Å². The third-order valence-electron chi connectivity index (χ3n) is 2.36. The summed E-state index contributed by atoms with van der Waals surface area (Å²) >= 11 is 0. The van der Waals surface area contributed by atoms with Crippen LogP contribution in [0.2, 0.25) is 0 Å². The molecule has 0 aliphatic carbocycles. The molecule has 0 heterocycles. The highest BCUT2D eigenvalue weighted by atomic mass is 19.1. The Balaban J connectivity index is 2.98. The smallest absolute Gasteiger partial charge is 0.126 e. The highest BCUT2D eigenvalue weighted by molar-refractivity contribution is 5.42. The van der Waals surface area contributed by atoms with Crippen LogP contribution in [-0.2, 0) is 0 Å². The average Bonchev–Trinajstić information content (AvgIpc) is 2.29. The molecule has 3 heteroatoms. The largest absolute Gasteiger partial charge is 0.494 e. The Morgan fingerprint density at radius 1 is 1.19 bits per heavy atom. The molecule has 90 valence electrons. The SMILES string of the molecule is CCOc1ccc(C(C)CF)c(OCC)c1. The van der Waals surface area contributed by atoms with Crippen LogP contribution >= 0.6 is 0 Å². The predicted octanol–water partition coefficient (Wildman–Crippen LogP) is 3.56. The van der Waals surface area contributed by atoms with Crippen LogP contribution in [0, 0.1) is 0 Å². The minimum atomic E-state index is -0.381. The average molecular weight is 226 g/mol. The van der Waals surface area contributed by atoms with Gasteiger partial charge in [-0.1, -0.05) is 13.0 Å². The first-order valence-electron chi connectivity index (χ1n) is 5.68. The Labute approximate surface area is 96.4 Å². The molecule has 0 aromatic heterocycles. The first-order chi connectivity index (χ1) is 7.72. The number of benzene rings is 1. The van der Waals surface area contributed by atoms with E-state index in [1.54, 1.807) is 0 Å². The minimum Gasteiger partial charge on any atom is -0.494 e. The molecular formula is C13H19FO2. The Morgan fingerprint density at radius 2 is 1.88 bits per heavy atom. The summed E-state index contributed by atoms with van der Waals surface area (Å²) < 4.78 is 23.5. The van der Waals surface area contributed by atoms with Gasteiger partial charge in [-0.25, -0.2) is 0 Å². The van der Waals surface area contributed by atoms with Gasteiger partial charge in [0.25, 0.3) is 0 Å². The molecule has 0 aliphatic heterocycles. The molecule has 0 radical (unpaired) electrons. The molecule has 1 aromatic rings. The third kappa shape index (κ3) is 3.12. The second-order valence-corrected chi connectivity index (χ2v) is 3.62. The summed E-state index contributed by atoms with van der Waals surface area (Å²) in [6.45, 7) is 6.49. The van der Waals surface area contributed by atoms with Crippen LogP contribution in [0.1, 0.15) is 32.3 Å². The lowest BCUT2D eigenvalue weighted by molar-refractivity contribution is 0.317. The van der Waals surface area contributed by atoms with Gasteiger partial charge in [0.2, 0.25) is 0 Å². The number of hydrogen-bond donors (Lipinski definition) is 0. The van der Waals surface area contributed by atoms with E-state index in [0.29, 0.717) is 13.2 Å². The molecule has 0 N–H and O–H groups in total. The van der Waals surface area contributed by atoms with Crippen molar-refractivity contribution in [3.05, 3.63) is 23.8 Å². The van der Waals surface area contributed by atoms with Gasteiger partial charge in [-0.2, -0.15) is 0 Å². The van der Waals surface area contributed by atoms with Crippen molar-refractivity contribution >= 4 is 0 Å². The van der Waals surface area contributed by atoms with E-state index >= 15 is 0 Å². The van der Waals surface area contributed by atoms with Gasteiger partial charge in [-0.15, -0.1) is 0 Å². The maximum absolute atomic E-state index is 12.7. The van der Waals surface area contributed by atoms with Crippen molar-refractivity contribution in [3.63, 3.8) is 0 Å². The highest BCUT2D eigenvalue weighted by Gasteiger charge is 2.12. The van der Waals surface area contributed by atoms with Crippen molar-refractivity contribution in [2.45, 2.75) is 26.7 Å². The third-order valence-corrected chi connectivity index (χ3v) is 2.36. The summed E-state index contributed by atoms with van der Waals surface area (Å²) in [4.78, 5) is 0. The van der Waals surface area contributed by atoms with Crippen LogP contribution in [-0.4, -0.2) is 19.9 Å². The van der Waals surface area contributed by atoms with Gasteiger partial charge in [-0.05, 0) is 25.5 Å². The Hall–Kier alpha value is -1.25. The van der Waals surface area contributed by atoms with Crippen molar-refractivity contribution in [1.29, 1.82) is 0 Å². The van der Waals surface area contributed by atoms with Crippen LogP contribution in [0.3, 0.4) is 0 Å². The van der Waals surface area contributed by atoms with Gasteiger partial charge in [0, 0.05) is 12.0 Å². The van der Waals surface area contributed by atoms with E-state index < -0.39 is 0 Å². The second kappa shape index (κ2) is 6.36. The summed E-state index contributed by atoms with van der Waals surface area (Å²) in [6.07, 6.45) is 0. The van der Waals surface area contributed by atoms with Gasteiger partial charge in [0.1, 0.15) is 11.5 Å². The van der Waals surface area contributed by atoms with E-state index in [1.165, 1.54) is 0 Å². The molecule has 16 heavy (non-hydrogen) atoms. The normalized spacial score (nSPS) is 12.2. The monoisotopic (exact) mass is 226 g/mol. The standard InChI is InChI=1S/C13H19FO2/c1-4-15-11-6-7-12(10(3)9-14)13(8-11)16-5-2/h6-8,10H,4-5,9H2,1-3H3. The van der Waals surface area contributed by atoms with Gasteiger partial charge < -0.3 is 9.47 Å². The quantitative estimate of drug-likeness (QED) is 0.738. The molecule has 1 aromatic carbocycles. The van der Waals surface area contributed by atoms with Gasteiger partial charge in [0.15, 0.2) is 0 Å². The molecule has 0 amide bonds. The maximum atomic E-state index is 12.7. The number of hydrogen-bond acceptors (Lipinski definition) is 2. The molecule has 0 aliphatic rings. The van der Waals surface area contributed by atoms with Crippen LogP contribution in [0.15, 0.2) is 18.2 Å². The van der Waals surface area contributed by atoms with Crippen molar-refractivity contribution in [1.82, 2.24) is 0 Å². The molecule has 1 atom stereocenters. The number of rotatable bonds is 6. The highest BCUT2D eigenvalue weighted by Crippen LogP contribution is 2.31. The van der Waals surface area contributed by atoms with Crippen molar-refractivity contribution in [2.24, 2.45) is 0 Å². The first kappa shape index (κ1) is 12.8. The summed E-state index contributed by atoms with van der Waals surface area (Å²) in [5, 5.41) is 0. The Kier molecular flexibility index (Phi) is 5.09. The predicted molar refractivity (Wildman–Crippen MR) is 63.2 cm³/mol. The number of halogens is 1. The van der Waals surface area contributed by atoms with Crippen molar-refractivity contribution in [3.8, 4) is 11.5 Å².